The van der Waals surface area contributed by atoms with Crippen molar-refractivity contribution in [2.24, 2.45) is 0 Å². The lowest BCUT2D eigenvalue weighted by atomic mass is 9.81. The van der Waals surface area contributed by atoms with Crippen LogP contribution in [-0.2, 0) is 5.41 Å². The second-order valence-electron chi connectivity index (χ2n) is 16.8. The minimum Gasteiger partial charge on any atom is -0.208 e. The van der Waals surface area contributed by atoms with E-state index in [2.05, 4.69) is 202 Å². The average molecular weight is 778 g/mol. The van der Waals surface area contributed by atoms with Crippen molar-refractivity contribution in [1.82, 2.24) is 15.0 Å². The molecule has 12 rings (SSSR count). The summed E-state index contributed by atoms with van der Waals surface area (Å²) in [4.78, 5) is 15.7. The summed E-state index contributed by atoms with van der Waals surface area (Å²) in [5.74, 6) is 1.93. The highest BCUT2D eigenvalue weighted by Crippen LogP contribution is 2.51. The van der Waals surface area contributed by atoms with E-state index in [1.165, 1.54) is 71.3 Å². The first kappa shape index (κ1) is 35.2. The third-order valence-electron chi connectivity index (χ3n) is 12.9. The van der Waals surface area contributed by atoms with Gasteiger partial charge in [-0.3, -0.25) is 0 Å². The molecule has 0 atom stereocenters. The van der Waals surface area contributed by atoms with Gasteiger partial charge in [-0.05, 0) is 100 Å². The van der Waals surface area contributed by atoms with Gasteiger partial charge in [0.15, 0.2) is 17.5 Å². The number of benzene rings is 10. The number of rotatable bonds is 6. The molecule has 0 aliphatic heterocycles. The summed E-state index contributed by atoms with van der Waals surface area (Å²) >= 11 is 0. The van der Waals surface area contributed by atoms with Crippen molar-refractivity contribution in [3.8, 4) is 78.7 Å². The summed E-state index contributed by atoms with van der Waals surface area (Å²) in [5.41, 5.74) is 14.8. The molecular weight excluding hydrogens is 739 g/mol. The Morgan fingerprint density at radius 1 is 0.295 bits per heavy atom. The SMILES string of the molecule is CC1(C)c2ccc(-c3nc(-c4ccc(-c5ccccc5)cc4)nc(-c4ccccc4-c4ccccc4)n3)cc2-c2ccc(-c3ccc4ccc5cccc6ccc3c4c56)cc21. The summed E-state index contributed by atoms with van der Waals surface area (Å²) in [7, 11) is 0. The summed E-state index contributed by atoms with van der Waals surface area (Å²) in [6, 6.07) is 72.0. The van der Waals surface area contributed by atoms with E-state index in [-0.39, 0.29) is 5.41 Å². The van der Waals surface area contributed by atoms with Crippen molar-refractivity contribution in [2.45, 2.75) is 19.3 Å². The third kappa shape index (κ3) is 5.69. The average Bonchev–Trinajstić information content (AvgIpc) is 3.55. The van der Waals surface area contributed by atoms with Gasteiger partial charge in [-0.1, -0.05) is 202 Å². The Labute approximate surface area is 355 Å². The van der Waals surface area contributed by atoms with Crippen LogP contribution in [0, 0.1) is 0 Å². The molecule has 1 heterocycles. The van der Waals surface area contributed by atoms with Gasteiger partial charge < -0.3 is 0 Å². The highest BCUT2D eigenvalue weighted by atomic mass is 15.0. The zero-order chi connectivity index (χ0) is 40.7. The van der Waals surface area contributed by atoms with Crippen molar-refractivity contribution in [3.63, 3.8) is 0 Å². The summed E-state index contributed by atoms with van der Waals surface area (Å²) in [6.07, 6.45) is 0. The summed E-state index contributed by atoms with van der Waals surface area (Å²) in [5, 5.41) is 7.83. The van der Waals surface area contributed by atoms with E-state index in [4.69, 9.17) is 15.0 Å². The Balaban J connectivity index is 0.989. The van der Waals surface area contributed by atoms with E-state index in [1.807, 2.05) is 12.1 Å². The highest BCUT2D eigenvalue weighted by molar-refractivity contribution is 6.25. The Hall–Kier alpha value is -7.75. The van der Waals surface area contributed by atoms with Crippen LogP contribution in [0.25, 0.3) is 111 Å². The molecule has 0 saturated carbocycles. The molecule has 3 heteroatoms. The van der Waals surface area contributed by atoms with Crippen LogP contribution in [0.2, 0.25) is 0 Å². The van der Waals surface area contributed by atoms with Crippen LogP contribution in [0.3, 0.4) is 0 Å². The molecule has 0 amide bonds. The van der Waals surface area contributed by atoms with Crippen LogP contribution in [0.1, 0.15) is 25.0 Å². The molecule has 1 aliphatic carbocycles. The van der Waals surface area contributed by atoms with Crippen molar-refractivity contribution in [2.75, 3.05) is 0 Å². The molecule has 286 valence electrons. The highest BCUT2D eigenvalue weighted by Gasteiger charge is 2.36. The van der Waals surface area contributed by atoms with E-state index in [9.17, 15) is 0 Å². The van der Waals surface area contributed by atoms with Gasteiger partial charge in [-0.15, -0.1) is 0 Å². The van der Waals surface area contributed by atoms with Crippen LogP contribution in [0.4, 0.5) is 0 Å². The fourth-order valence-electron chi connectivity index (χ4n) is 9.79. The van der Waals surface area contributed by atoms with Crippen molar-refractivity contribution in [3.05, 3.63) is 211 Å². The molecular formula is C58H39N3. The first-order valence-corrected chi connectivity index (χ1v) is 21.0. The maximum absolute atomic E-state index is 5.26. The zero-order valence-corrected chi connectivity index (χ0v) is 33.9. The van der Waals surface area contributed by atoms with Crippen LogP contribution in [0.15, 0.2) is 200 Å². The largest absolute Gasteiger partial charge is 0.208 e. The lowest BCUT2D eigenvalue weighted by Crippen LogP contribution is -2.15. The molecule has 11 aromatic rings. The monoisotopic (exact) mass is 777 g/mol. The Morgan fingerprint density at radius 3 is 1.59 bits per heavy atom. The number of fused-ring (bicyclic) bond motifs is 3. The molecule has 10 aromatic carbocycles. The Morgan fingerprint density at radius 2 is 0.836 bits per heavy atom. The standard InChI is InChI=1S/C58H39N3/c1-58(2)51-33-29-44(34-50(51)47-31-28-43(35-52(47)58)46-30-26-41-23-22-39-16-11-17-40-27-32-48(46)54(41)53(39)40)56-59-55(42-24-20-37(21-25-42)36-12-5-3-6-13-36)60-57(61-56)49-19-10-9-18-45(49)38-14-7-4-8-15-38/h3-35H,1-2H3. The maximum Gasteiger partial charge on any atom is 0.164 e. The normalized spacial score (nSPS) is 12.9. The van der Waals surface area contributed by atoms with Gasteiger partial charge in [0.25, 0.3) is 0 Å². The molecule has 0 unspecified atom stereocenters. The topological polar surface area (TPSA) is 38.7 Å². The van der Waals surface area contributed by atoms with Crippen LogP contribution < -0.4 is 0 Å². The predicted octanol–water partition coefficient (Wildman–Crippen LogP) is 15.1. The van der Waals surface area contributed by atoms with Crippen LogP contribution in [-0.4, -0.2) is 15.0 Å². The molecule has 1 aromatic heterocycles. The van der Waals surface area contributed by atoms with E-state index in [1.54, 1.807) is 0 Å². The molecule has 0 spiro atoms. The van der Waals surface area contributed by atoms with Crippen molar-refractivity contribution >= 4 is 32.3 Å². The van der Waals surface area contributed by atoms with Crippen LogP contribution >= 0.6 is 0 Å². The number of nitrogens with zero attached hydrogens (tertiary/aromatic N) is 3. The first-order chi connectivity index (χ1) is 30.0. The second-order valence-corrected chi connectivity index (χ2v) is 16.8. The fraction of sp³-hybridized carbons (Fsp3) is 0.0517. The number of hydrogen-bond acceptors (Lipinski definition) is 3. The predicted molar refractivity (Wildman–Crippen MR) is 254 cm³/mol. The van der Waals surface area contributed by atoms with Crippen LogP contribution in [0.5, 0.6) is 0 Å². The number of aromatic nitrogens is 3. The minimum absolute atomic E-state index is 0.201. The van der Waals surface area contributed by atoms with Gasteiger partial charge in [0, 0.05) is 22.1 Å². The number of hydrogen-bond donors (Lipinski definition) is 0. The van der Waals surface area contributed by atoms with Gasteiger partial charge in [0.05, 0.1) is 0 Å². The maximum atomic E-state index is 5.26. The molecule has 0 bridgehead atoms. The quantitative estimate of drug-likeness (QED) is 0.158. The summed E-state index contributed by atoms with van der Waals surface area (Å²) < 4.78 is 0. The van der Waals surface area contributed by atoms with E-state index in [0.717, 1.165) is 33.4 Å². The molecule has 0 radical (unpaired) electrons. The Kier molecular flexibility index (Phi) is 7.88. The lowest BCUT2D eigenvalue weighted by molar-refractivity contribution is 0.660. The van der Waals surface area contributed by atoms with Crippen molar-refractivity contribution in [1.29, 1.82) is 0 Å². The smallest absolute Gasteiger partial charge is 0.164 e. The molecule has 3 nitrogen and oxygen atoms in total. The van der Waals surface area contributed by atoms with E-state index >= 15 is 0 Å². The zero-order valence-electron chi connectivity index (χ0n) is 33.9. The molecule has 0 saturated heterocycles. The molecule has 0 fully saturated rings. The van der Waals surface area contributed by atoms with Gasteiger partial charge in [-0.25, -0.2) is 15.0 Å². The van der Waals surface area contributed by atoms with Gasteiger partial charge in [0.1, 0.15) is 0 Å². The lowest BCUT2D eigenvalue weighted by Gasteiger charge is -2.22. The van der Waals surface area contributed by atoms with Crippen molar-refractivity contribution < 1.29 is 0 Å². The molecule has 1 aliphatic rings. The first-order valence-electron chi connectivity index (χ1n) is 21.0. The molecule has 61 heavy (non-hydrogen) atoms. The van der Waals surface area contributed by atoms with E-state index in [0.29, 0.717) is 17.5 Å². The fourth-order valence-corrected chi connectivity index (χ4v) is 9.79. The third-order valence-corrected chi connectivity index (χ3v) is 12.9. The minimum atomic E-state index is -0.201. The van der Waals surface area contributed by atoms with Gasteiger partial charge in [-0.2, -0.15) is 0 Å². The van der Waals surface area contributed by atoms with E-state index < -0.39 is 0 Å². The van der Waals surface area contributed by atoms with Gasteiger partial charge >= 0.3 is 0 Å². The molecule has 0 N–H and O–H groups in total. The Bertz CT molecular complexity index is 3460. The second kappa shape index (κ2) is 13.7. The van der Waals surface area contributed by atoms with Gasteiger partial charge in [0.2, 0.25) is 0 Å². The summed E-state index contributed by atoms with van der Waals surface area (Å²) in [6.45, 7) is 4.70.